The Balaban J connectivity index is 1.83. The molecule has 2 aromatic carbocycles. The Bertz CT molecular complexity index is 1010. The average molecular weight is 365 g/mol. The molecule has 0 aliphatic heterocycles. The number of nitrogens with zero attached hydrogens (tertiary/aromatic N) is 1. The van der Waals surface area contributed by atoms with E-state index in [0.29, 0.717) is 22.8 Å². The fraction of sp³-hybridized carbons (Fsp3) is 0.150. The van der Waals surface area contributed by atoms with Crippen LogP contribution in [0, 0.1) is 0 Å². The molecule has 0 unspecified atom stereocenters. The van der Waals surface area contributed by atoms with Crippen LogP contribution in [0.5, 0.6) is 11.5 Å². The first-order valence-electron chi connectivity index (χ1n) is 8.26. The molecule has 0 bridgehead atoms. The first-order chi connectivity index (χ1) is 13.1. The number of benzene rings is 2. The number of amides is 1. The van der Waals surface area contributed by atoms with Gasteiger partial charge in [-0.3, -0.25) is 4.79 Å². The molecule has 1 heterocycles. The summed E-state index contributed by atoms with van der Waals surface area (Å²) in [6, 6.07) is 16.0. The van der Waals surface area contributed by atoms with Crippen molar-refractivity contribution < 1.29 is 14.3 Å². The van der Waals surface area contributed by atoms with Crippen LogP contribution in [0.15, 0.2) is 59.4 Å². The molecule has 0 spiro atoms. The van der Waals surface area contributed by atoms with Gasteiger partial charge in [-0.25, -0.2) is 4.79 Å². The van der Waals surface area contributed by atoms with E-state index in [1.54, 1.807) is 38.5 Å². The second-order valence-corrected chi connectivity index (χ2v) is 5.71. The summed E-state index contributed by atoms with van der Waals surface area (Å²) in [6.07, 6.45) is 0. The van der Waals surface area contributed by atoms with Crippen molar-refractivity contribution in [3.63, 3.8) is 0 Å². The average Bonchev–Trinajstić information content (AvgIpc) is 2.71. The van der Waals surface area contributed by atoms with E-state index in [9.17, 15) is 9.59 Å². The number of para-hydroxylation sites is 1. The van der Waals surface area contributed by atoms with Crippen LogP contribution in [0.4, 0.5) is 0 Å². The number of carbonyl (C=O) groups is 1. The molecule has 0 aliphatic carbocycles. The van der Waals surface area contributed by atoms with E-state index in [2.05, 4.69) is 15.3 Å². The van der Waals surface area contributed by atoms with Crippen molar-refractivity contribution >= 4 is 5.91 Å². The van der Waals surface area contributed by atoms with Crippen molar-refractivity contribution in [2.45, 2.75) is 6.54 Å². The molecule has 3 rings (SSSR count). The number of ether oxygens (including phenoxy) is 2. The van der Waals surface area contributed by atoms with Gasteiger partial charge in [-0.15, -0.1) is 0 Å². The predicted octanol–water partition coefficient (Wildman–Crippen LogP) is 2.38. The summed E-state index contributed by atoms with van der Waals surface area (Å²) in [7, 11) is 3.13. The molecule has 0 radical (unpaired) electrons. The highest BCUT2D eigenvalue weighted by Gasteiger charge is 2.12. The highest BCUT2D eigenvalue weighted by Crippen LogP contribution is 2.22. The summed E-state index contributed by atoms with van der Waals surface area (Å²) >= 11 is 0. The zero-order valence-electron chi connectivity index (χ0n) is 15.0. The van der Waals surface area contributed by atoms with Crippen molar-refractivity contribution in [1.82, 2.24) is 15.3 Å². The number of H-pyrrole nitrogens is 1. The maximum atomic E-state index is 12.5. The Kier molecular flexibility index (Phi) is 5.51. The number of nitrogens with one attached hydrogen (secondary N) is 2. The second-order valence-electron chi connectivity index (χ2n) is 5.71. The minimum absolute atomic E-state index is 0.128. The monoisotopic (exact) mass is 365 g/mol. The van der Waals surface area contributed by atoms with Gasteiger partial charge in [-0.2, -0.15) is 4.98 Å². The molecule has 138 valence electrons. The third kappa shape index (κ3) is 4.33. The van der Waals surface area contributed by atoms with Gasteiger partial charge in [-0.1, -0.05) is 30.3 Å². The summed E-state index contributed by atoms with van der Waals surface area (Å²) in [6.45, 7) is 0.266. The normalized spacial score (nSPS) is 10.3. The van der Waals surface area contributed by atoms with Gasteiger partial charge in [0.15, 0.2) is 0 Å². The Morgan fingerprint density at radius 3 is 2.67 bits per heavy atom. The molecule has 7 nitrogen and oxygen atoms in total. The largest absolute Gasteiger partial charge is 0.497 e. The first kappa shape index (κ1) is 18.2. The zero-order chi connectivity index (χ0) is 19.2. The van der Waals surface area contributed by atoms with Crippen LogP contribution in [0.3, 0.4) is 0 Å². The van der Waals surface area contributed by atoms with Gasteiger partial charge in [0.25, 0.3) is 5.91 Å². The summed E-state index contributed by atoms with van der Waals surface area (Å²) in [5.74, 6) is 0.902. The Morgan fingerprint density at radius 1 is 1.07 bits per heavy atom. The fourth-order valence-corrected chi connectivity index (χ4v) is 2.63. The second kappa shape index (κ2) is 8.18. The highest BCUT2D eigenvalue weighted by molar-refractivity contribution is 5.93. The van der Waals surface area contributed by atoms with E-state index < -0.39 is 11.6 Å². The van der Waals surface area contributed by atoms with Crippen LogP contribution < -0.4 is 20.5 Å². The molecule has 0 fully saturated rings. The molecule has 3 aromatic rings. The molecule has 0 atom stereocenters. The van der Waals surface area contributed by atoms with Gasteiger partial charge in [0.1, 0.15) is 17.2 Å². The SMILES string of the molecule is COc1cccc(-c2cc(C(=O)NCc3ccccc3OC)[nH]c(=O)n2)c1. The number of aromatic nitrogens is 2. The molecule has 27 heavy (non-hydrogen) atoms. The van der Waals surface area contributed by atoms with Crippen LogP contribution in [0.25, 0.3) is 11.3 Å². The van der Waals surface area contributed by atoms with Crippen molar-refractivity contribution in [3.05, 3.63) is 76.3 Å². The summed E-state index contributed by atoms with van der Waals surface area (Å²) < 4.78 is 10.5. The van der Waals surface area contributed by atoms with Crippen molar-refractivity contribution in [1.29, 1.82) is 0 Å². The topological polar surface area (TPSA) is 93.3 Å². The molecular weight excluding hydrogens is 346 g/mol. The van der Waals surface area contributed by atoms with E-state index in [4.69, 9.17) is 9.47 Å². The summed E-state index contributed by atoms with van der Waals surface area (Å²) in [5, 5.41) is 2.78. The summed E-state index contributed by atoms with van der Waals surface area (Å²) in [4.78, 5) is 30.8. The van der Waals surface area contributed by atoms with Gasteiger partial charge < -0.3 is 19.8 Å². The smallest absolute Gasteiger partial charge is 0.346 e. The lowest BCUT2D eigenvalue weighted by atomic mass is 10.1. The molecule has 0 aliphatic rings. The fourth-order valence-electron chi connectivity index (χ4n) is 2.63. The van der Waals surface area contributed by atoms with Gasteiger partial charge in [0, 0.05) is 17.7 Å². The maximum Gasteiger partial charge on any atom is 0.346 e. The van der Waals surface area contributed by atoms with Crippen LogP contribution in [0.1, 0.15) is 16.1 Å². The molecule has 0 saturated carbocycles. The summed E-state index contributed by atoms with van der Waals surface area (Å²) in [5.41, 5.74) is 1.43. The van der Waals surface area contributed by atoms with E-state index in [0.717, 1.165) is 5.56 Å². The predicted molar refractivity (Wildman–Crippen MR) is 101 cm³/mol. The van der Waals surface area contributed by atoms with E-state index in [1.807, 2.05) is 24.3 Å². The Morgan fingerprint density at radius 2 is 1.89 bits per heavy atom. The van der Waals surface area contributed by atoms with Crippen molar-refractivity contribution in [3.8, 4) is 22.8 Å². The molecule has 1 aromatic heterocycles. The van der Waals surface area contributed by atoms with Gasteiger partial charge >= 0.3 is 5.69 Å². The Labute approximate surface area is 156 Å². The zero-order valence-corrected chi connectivity index (χ0v) is 15.0. The minimum Gasteiger partial charge on any atom is -0.497 e. The molecular formula is C20H19N3O4. The number of methoxy groups -OCH3 is 2. The van der Waals surface area contributed by atoms with Gasteiger partial charge in [0.05, 0.1) is 19.9 Å². The molecule has 1 amide bonds. The lowest BCUT2D eigenvalue weighted by Gasteiger charge is -2.10. The van der Waals surface area contributed by atoms with Gasteiger partial charge in [-0.05, 0) is 24.3 Å². The van der Waals surface area contributed by atoms with Gasteiger partial charge in [0.2, 0.25) is 0 Å². The Hall–Kier alpha value is -3.61. The van der Waals surface area contributed by atoms with Crippen molar-refractivity contribution in [2.24, 2.45) is 0 Å². The third-order valence-electron chi connectivity index (χ3n) is 3.99. The number of hydrogen-bond donors (Lipinski definition) is 2. The molecule has 2 N–H and O–H groups in total. The first-order valence-corrected chi connectivity index (χ1v) is 8.26. The molecule has 0 saturated heterocycles. The van der Waals surface area contributed by atoms with E-state index in [1.165, 1.54) is 6.07 Å². The lowest BCUT2D eigenvalue weighted by molar-refractivity contribution is 0.0945. The lowest BCUT2D eigenvalue weighted by Crippen LogP contribution is -2.27. The highest BCUT2D eigenvalue weighted by atomic mass is 16.5. The van der Waals surface area contributed by atoms with Crippen LogP contribution >= 0.6 is 0 Å². The number of carbonyl (C=O) groups excluding carboxylic acids is 1. The number of aromatic amines is 1. The van der Waals surface area contributed by atoms with Crippen molar-refractivity contribution in [2.75, 3.05) is 14.2 Å². The van der Waals surface area contributed by atoms with E-state index in [-0.39, 0.29) is 12.2 Å². The van der Waals surface area contributed by atoms with E-state index >= 15 is 0 Å². The number of hydrogen-bond acceptors (Lipinski definition) is 5. The third-order valence-corrected chi connectivity index (χ3v) is 3.99. The minimum atomic E-state index is -0.599. The standard InChI is InChI=1S/C20H19N3O4/c1-26-15-8-5-7-13(10-15)16-11-17(23-20(25)22-16)19(24)21-12-14-6-3-4-9-18(14)27-2/h3-11H,12H2,1-2H3,(H,21,24)(H,22,23,25). The molecule has 7 heteroatoms. The number of rotatable bonds is 6. The van der Waals surface area contributed by atoms with Crippen LogP contribution in [-0.2, 0) is 6.54 Å². The maximum absolute atomic E-state index is 12.5. The van der Waals surface area contributed by atoms with Crippen LogP contribution in [0.2, 0.25) is 0 Å². The van der Waals surface area contributed by atoms with Crippen LogP contribution in [-0.4, -0.2) is 30.1 Å². The quantitative estimate of drug-likeness (QED) is 0.700.